The van der Waals surface area contributed by atoms with Crippen LogP contribution in [0.4, 0.5) is 11.5 Å². The second-order valence-corrected chi connectivity index (χ2v) is 8.24. The summed E-state index contributed by atoms with van der Waals surface area (Å²) in [6.07, 6.45) is 2.57. The van der Waals surface area contributed by atoms with Crippen molar-refractivity contribution in [2.45, 2.75) is 12.5 Å². The highest BCUT2D eigenvalue weighted by molar-refractivity contribution is 7.10. The Kier molecular flexibility index (Phi) is 6.30. The predicted molar refractivity (Wildman–Crippen MR) is 122 cm³/mol. The van der Waals surface area contributed by atoms with Crippen LogP contribution in [0.15, 0.2) is 60.1 Å². The van der Waals surface area contributed by atoms with Gasteiger partial charge in [-0.1, -0.05) is 12.1 Å². The van der Waals surface area contributed by atoms with Gasteiger partial charge in [-0.05, 0) is 49.3 Å². The van der Waals surface area contributed by atoms with Gasteiger partial charge in [-0.15, -0.1) is 11.3 Å². The second kappa shape index (κ2) is 9.28. The molecule has 30 heavy (non-hydrogen) atoms. The van der Waals surface area contributed by atoms with Gasteiger partial charge in [0.25, 0.3) is 5.91 Å². The number of fused-ring (bicyclic) bond motifs is 1. The maximum absolute atomic E-state index is 13.3. The van der Waals surface area contributed by atoms with E-state index in [1.54, 1.807) is 23.6 Å². The van der Waals surface area contributed by atoms with Gasteiger partial charge >= 0.3 is 0 Å². The van der Waals surface area contributed by atoms with Gasteiger partial charge in [-0.2, -0.15) is 0 Å². The first-order chi connectivity index (χ1) is 14.7. The Morgan fingerprint density at radius 2 is 2.10 bits per heavy atom. The summed E-state index contributed by atoms with van der Waals surface area (Å²) >= 11 is 1.70. The lowest BCUT2D eigenvalue weighted by molar-refractivity contribution is 0.0990. The standard InChI is InChI=1S/C23H26N4O2S/c1-24-12-10-20(21-9-5-15-30-21)29-18-7-3-6-17(16-18)27-14-13-26(2)22-19(23(27)28)8-4-11-25-22/h3-9,11,15-16,20,24H,10,12-14H2,1-2H3/t20-/m0/s1. The number of pyridine rings is 1. The van der Waals surface area contributed by atoms with E-state index in [0.29, 0.717) is 18.7 Å². The molecule has 4 rings (SSSR count). The summed E-state index contributed by atoms with van der Waals surface area (Å²) < 4.78 is 6.36. The van der Waals surface area contributed by atoms with Crippen molar-refractivity contribution in [1.82, 2.24) is 10.3 Å². The van der Waals surface area contributed by atoms with E-state index in [9.17, 15) is 4.79 Å². The fourth-order valence-corrected chi connectivity index (χ4v) is 4.40. The quantitative estimate of drug-likeness (QED) is 0.624. The second-order valence-electron chi connectivity index (χ2n) is 7.26. The summed E-state index contributed by atoms with van der Waals surface area (Å²) in [4.78, 5) is 22.7. The van der Waals surface area contributed by atoms with E-state index in [2.05, 4.69) is 21.7 Å². The first-order valence-corrected chi connectivity index (χ1v) is 11.0. The maximum Gasteiger partial charge on any atom is 0.262 e. The number of nitrogens with zero attached hydrogens (tertiary/aromatic N) is 3. The van der Waals surface area contributed by atoms with E-state index in [4.69, 9.17) is 4.74 Å². The van der Waals surface area contributed by atoms with Crippen molar-refractivity contribution >= 4 is 28.7 Å². The number of aromatic nitrogens is 1. The minimum atomic E-state index is -0.0374. The molecule has 0 unspecified atom stereocenters. The number of benzene rings is 1. The van der Waals surface area contributed by atoms with E-state index in [1.807, 2.05) is 60.3 Å². The number of likely N-dealkylation sites (N-methyl/N-ethyl adjacent to an activating group) is 1. The lowest BCUT2D eigenvalue weighted by atomic mass is 10.2. The van der Waals surface area contributed by atoms with Crippen molar-refractivity contribution < 1.29 is 9.53 Å². The van der Waals surface area contributed by atoms with E-state index in [1.165, 1.54) is 4.88 Å². The molecule has 1 atom stereocenters. The monoisotopic (exact) mass is 422 g/mol. The first kappa shape index (κ1) is 20.4. The topological polar surface area (TPSA) is 57.7 Å². The summed E-state index contributed by atoms with van der Waals surface area (Å²) in [5, 5.41) is 5.27. The molecule has 6 nitrogen and oxygen atoms in total. The van der Waals surface area contributed by atoms with Gasteiger partial charge in [0.05, 0.1) is 5.56 Å². The van der Waals surface area contributed by atoms with Crippen LogP contribution >= 0.6 is 11.3 Å². The predicted octanol–water partition coefficient (Wildman–Crippen LogP) is 3.97. The zero-order valence-electron chi connectivity index (χ0n) is 17.2. The Labute approximate surface area is 181 Å². The molecule has 3 heterocycles. The molecule has 1 aliphatic rings. The van der Waals surface area contributed by atoms with Gasteiger partial charge in [0.1, 0.15) is 17.7 Å². The Morgan fingerprint density at radius 3 is 2.90 bits per heavy atom. The number of thiophene rings is 1. The number of amides is 1. The highest BCUT2D eigenvalue weighted by Gasteiger charge is 2.27. The number of anilines is 2. The number of hydrogen-bond donors (Lipinski definition) is 1. The number of carbonyl (C=O) groups is 1. The van der Waals surface area contributed by atoms with Crippen LogP contribution in [0.3, 0.4) is 0 Å². The van der Waals surface area contributed by atoms with Crippen molar-refractivity contribution in [3.8, 4) is 5.75 Å². The molecule has 1 aliphatic heterocycles. The highest BCUT2D eigenvalue weighted by Crippen LogP contribution is 2.31. The maximum atomic E-state index is 13.3. The number of nitrogens with one attached hydrogen (secondary N) is 1. The molecule has 0 saturated carbocycles. The van der Waals surface area contributed by atoms with Gasteiger partial charge in [0.2, 0.25) is 0 Å². The van der Waals surface area contributed by atoms with Gasteiger partial charge in [-0.25, -0.2) is 4.98 Å². The third kappa shape index (κ3) is 4.32. The first-order valence-electron chi connectivity index (χ1n) is 10.1. The van der Waals surface area contributed by atoms with Crippen molar-refractivity contribution in [2.24, 2.45) is 0 Å². The molecule has 0 aliphatic carbocycles. The Bertz CT molecular complexity index is 992. The van der Waals surface area contributed by atoms with Gasteiger partial charge in [0.15, 0.2) is 0 Å². The average molecular weight is 423 g/mol. The van der Waals surface area contributed by atoms with Crippen molar-refractivity contribution in [2.75, 3.05) is 43.5 Å². The number of rotatable bonds is 7. The zero-order chi connectivity index (χ0) is 20.9. The Hall–Kier alpha value is -2.90. The molecule has 0 saturated heterocycles. The molecule has 7 heteroatoms. The largest absolute Gasteiger partial charge is 0.485 e. The molecule has 3 aromatic rings. The number of hydrogen-bond acceptors (Lipinski definition) is 6. The van der Waals surface area contributed by atoms with Crippen LogP contribution in [0.25, 0.3) is 0 Å². The average Bonchev–Trinajstić information content (AvgIpc) is 3.27. The molecule has 0 spiro atoms. The highest BCUT2D eigenvalue weighted by atomic mass is 32.1. The van der Waals surface area contributed by atoms with Gasteiger partial charge in [-0.3, -0.25) is 4.79 Å². The lowest BCUT2D eigenvalue weighted by Crippen LogP contribution is -2.33. The molecule has 2 aromatic heterocycles. The smallest absolute Gasteiger partial charge is 0.262 e. The minimum Gasteiger partial charge on any atom is -0.485 e. The van der Waals surface area contributed by atoms with Crippen LogP contribution < -0.4 is 19.9 Å². The fourth-order valence-electron chi connectivity index (χ4n) is 3.62. The molecule has 0 bridgehead atoms. The molecular weight excluding hydrogens is 396 g/mol. The molecule has 1 amide bonds. The van der Waals surface area contributed by atoms with E-state index in [0.717, 1.165) is 30.2 Å². The molecule has 0 fully saturated rings. The van der Waals surface area contributed by atoms with Crippen LogP contribution in [-0.2, 0) is 0 Å². The van der Waals surface area contributed by atoms with Crippen LogP contribution in [-0.4, -0.2) is 44.6 Å². The number of ether oxygens (including phenoxy) is 1. The third-order valence-corrected chi connectivity index (χ3v) is 6.17. The minimum absolute atomic E-state index is 0.0244. The summed E-state index contributed by atoms with van der Waals surface area (Å²) in [7, 11) is 3.91. The van der Waals surface area contributed by atoms with Crippen molar-refractivity contribution in [1.29, 1.82) is 0 Å². The normalized spacial score (nSPS) is 14.9. The Balaban J connectivity index is 1.59. The molecule has 156 valence electrons. The fraction of sp³-hybridized carbons (Fsp3) is 0.304. The molecule has 1 aromatic carbocycles. The van der Waals surface area contributed by atoms with Crippen LogP contribution in [0.2, 0.25) is 0 Å². The summed E-state index contributed by atoms with van der Waals surface area (Å²) in [6.45, 7) is 2.16. The third-order valence-electron chi connectivity index (χ3n) is 5.21. The molecule has 0 radical (unpaired) electrons. The Morgan fingerprint density at radius 1 is 1.20 bits per heavy atom. The summed E-state index contributed by atoms with van der Waals surface area (Å²) in [5.41, 5.74) is 1.45. The van der Waals surface area contributed by atoms with Crippen molar-refractivity contribution in [3.63, 3.8) is 0 Å². The molecule has 1 N–H and O–H groups in total. The van der Waals surface area contributed by atoms with Crippen LogP contribution in [0.5, 0.6) is 5.75 Å². The SMILES string of the molecule is CNCC[C@H](Oc1cccc(N2CCN(C)c3ncccc3C2=O)c1)c1cccs1. The van der Waals surface area contributed by atoms with Crippen LogP contribution in [0.1, 0.15) is 27.8 Å². The van der Waals surface area contributed by atoms with E-state index >= 15 is 0 Å². The summed E-state index contributed by atoms with van der Waals surface area (Å²) in [5.74, 6) is 1.45. The van der Waals surface area contributed by atoms with E-state index in [-0.39, 0.29) is 12.0 Å². The zero-order valence-corrected chi connectivity index (χ0v) is 18.1. The van der Waals surface area contributed by atoms with Gasteiger partial charge < -0.3 is 19.9 Å². The number of carbonyl (C=O) groups excluding carboxylic acids is 1. The molecular formula is C23H26N4O2S. The van der Waals surface area contributed by atoms with Crippen molar-refractivity contribution in [3.05, 3.63) is 70.5 Å². The lowest BCUT2D eigenvalue weighted by Gasteiger charge is -2.23. The van der Waals surface area contributed by atoms with E-state index < -0.39 is 0 Å². The van der Waals surface area contributed by atoms with Crippen LogP contribution in [0, 0.1) is 0 Å². The van der Waals surface area contributed by atoms with Gasteiger partial charge in [0, 0.05) is 49.4 Å². The summed E-state index contributed by atoms with van der Waals surface area (Å²) in [6, 6.07) is 15.6.